The quantitative estimate of drug-likeness (QED) is 0.611. The zero-order chi connectivity index (χ0) is 11.4. The maximum atomic E-state index is 13.1. The first-order valence-corrected chi connectivity index (χ1v) is 4.45. The van der Waals surface area contributed by atoms with Crippen LogP contribution in [0.15, 0.2) is 18.2 Å². The van der Waals surface area contributed by atoms with E-state index in [9.17, 15) is 9.18 Å². The van der Waals surface area contributed by atoms with Gasteiger partial charge in [0.25, 0.3) is 0 Å². The number of halogens is 1. The van der Waals surface area contributed by atoms with Crippen molar-refractivity contribution in [3.8, 4) is 5.75 Å². The Bertz CT molecular complexity index is 363. The normalized spacial score (nSPS) is 12.3. The molecule has 1 atom stereocenters. The van der Waals surface area contributed by atoms with Crippen LogP contribution in [0, 0.1) is 12.7 Å². The van der Waals surface area contributed by atoms with E-state index in [0.717, 1.165) is 6.07 Å². The zero-order valence-electron chi connectivity index (χ0n) is 8.37. The molecule has 0 amide bonds. The van der Waals surface area contributed by atoms with Gasteiger partial charge >= 0.3 is 5.97 Å². The average molecular weight is 211 g/mol. The number of rotatable bonds is 3. The summed E-state index contributed by atoms with van der Waals surface area (Å²) < 4.78 is 17.8. The molecule has 0 saturated carbocycles. The Morgan fingerprint density at radius 1 is 1.60 bits per heavy atom. The molecule has 1 aromatic rings. The van der Waals surface area contributed by atoms with Gasteiger partial charge in [0.05, 0.1) is 0 Å². The second-order valence-corrected chi connectivity index (χ2v) is 3.19. The summed E-state index contributed by atoms with van der Waals surface area (Å²) in [5.74, 6) is -1.35. The fourth-order valence-electron chi connectivity index (χ4n) is 1.15. The molecule has 3 nitrogen and oxygen atoms in total. The highest BCUT2D eigenvalue weighted by atomic mass is 19.1. The fourth-order valence-corrected chi connectivity index (χ4v) is 1.15. The SMILES string of the molecule is [CH2]C(CO)c1cc(F)cc(OC(C)=O)c1. The molecular formula is C11H12FO3. The van der Waals surface area contributed by atoms with E-state index in [-0.39, 0.29) is 12.4 Å². The number of ether oxygens (including phenoxy) is 1. The van der Waals surface area contributed by atoms with Crippen molar-refractivity contribution in [3.05, 3.63) is 36.5 Å². The van der Waals surface area contributed by atoms with Gasteiger partial charge in [0.15, 0.2) is 0 Å². The lowest BCUT2D eigenvalue weighted by Crippen LogP contribution is -2.04. The van der Waals surface area contributed by atoms with Crippen molar-refractivity contribution < 1.29 is 19.0 Å². The van der Waals surface area contributed by atoms with Gasteiger partial charge in [-0.05, 0) is 24.6 Å². The lowest BCUT2D eigenvalue weighted by molar-refractivity contribution is -0.131. The molecule has 0 aliphatic carbocycles. The summed E-state index contributed by atoms with van der Waals surface area (Å²) in [5, 5.41) is 8.86. The first-order chi connectivity index (χ1) is 7.02. The Morgan fingerprint density at radius 3 is 2.80 bits per heavy atom. The van der Waals surface area contributed by atoms with Gasteiger partial charge in [0, 0.05) is 25.5 Å². The summed E-state index contributed by atoms with van der Waals surface area (Å²) in [6, 6.07) is 3.84. The maximum absolute atomic E-state index is 13.1. The number of carbonyl (C=O) groups is 1. The Morgan fingerprint density at radius 2 is 2.27 bits per heavy atom. The molecule has 0 fully saturated rings. The van der Waals surface area contributed by atoms with Crippen molar-refractivity contribution in [2.24, 2.45) is 0 Å². The molecule has 0 aliphatic heterocycles. The minimum Gasteiger partial charge on any atom is -0.427 e. The van der Waals surface area contributed by atoms with E-state index in [1.807, 2.05) is 0 Å². The van der Waals surface area contributed by atoms with Crippen LogP contribution in [0.3, 0.4) is 0 Å². The summed E-state index contributed by atoms with van der Waals surface area (Å²) in [4.78, 5) is 10.7. The first kappa shape index (κ1) is 11.7. The summed E-state index contributed by atoms with van der Waals surface area (Å²) in [7, 11) is 0. The molecule has 0 bridgehead atoms. The largest absolute Gasteiger partial charge is 0.427 e. The predicted octanol–water partition coefficient (Wildman–Crippen LogP) is 1.66. The zero-order valence-corrected chi connectivity index (χ0v) is 8.37. The predicted molar refractivity (Wildman–Crippen MR) is 52.9 cm³/mol. The standard InChI is InChI=1S/C11H12FO3/c1-7(6-13)9-3-10(12)5-11(4-9)15-8(2)14/h3-5,7,13H,1,6H2,2H3. The van der Waals surface area contributed by atoms with Gasteiger partial charge < -0.3 is 9.84 Å². The van der Waals surface area contributed by atoms with E-state index < -0.39 is 17.7 Å². The minimum absolute atomic E-state index is 0.125. The molecule has 15 heavy (non-hydrogen) atoms. The second-order valence-electron chi connectivity index (χ2n) is 3.19. The van der Waals surface area contributed by atoms with Crippen molar-refractivity contribution in [1.82, 2.24) is 0 Å². The summed E-state index contributed by atoms with van der Waals surface area (Å²) >= 11 is 0. The van der Waals surface area contributed by atoms with Gasteiger partial charge in [0.2, 0.25) is 0 Å². The highest BCUT2D eigenvalue weighted by Crippen LogP contribution is 2.22. The van der Waals surface area contributed by atoms with Gasteiger partial charge in [-0.3, -0.25) is 4.79 Å². The van der Waals surface area contributed by atoms with E-state index >= 15 is 0 Å². The highest BCUT2D eigenvalue weighted by Gasteiger charge is 2.09. The number of hydrogen-bond donors (Lipinski definition) is 1. The van der Waals surface area contributed by atoms with Gasteiger partial charge in [-0.15, -0.1) is 0 Å². The van der Waals surface area contributed by atoms with Crippen LogP contribution in [0.5, 0.6) is 5.75 Å². The summed E-state index contributed by atoms with van der Waals surface area (Å²) in [5.41, 5.74) is 0.494. The Kier molecular flexibility index (Phi) is 3.80. The number of carbonyl (C=O) groups excluding carboxylic acids is 1. The number of aliphatic hydroxyl groups excluding tert-OH is 1. The van der Waals surface area contributed by atoms with Crippen LogP contribution in [0.4, 0.5) is 4.39 Å². The molecule has 1 rings (SSSR count). The Hall–Kier alpha value is -1.42. The molecule has 0 aromatic heterocycles. The molecule has 1 N–H and O–H groups in total. The van der Waals surface area contributed by atoms with E-state index in [0.29, 0.717) is 5.56 Å². The van der Waals surface area contributed by atoms with Gasteiger partial charge in [-0.25, -0.2) is 4.39 Å². The molecule has 0 spiro atoms. The lowest BCUT2D eigenvalue weighted by atomic mass is 10.0. The Balaban J connectivity index is 2.99. The number of hydrogen-bond acceptors (Lipinski definition) is 3. The van der Waals surface area contributed by atoms with Gasteiger partial charge in [-0.2, -0.15) is 0 Å². The first-order valence-electron chi connectivity index (χ1n) is 4.45. The van der Waals surface area contributed by atoms with E-state index in [1.165, 1.54) is 19.1 Å². The second kappa shape index (κ2) is 4.89. The highest BCUT2D eigenvalue weighted by molar-refractivity contribution is 5.69. The molecule has 81 valence electrons. The van der Waals surface area contributed by atoms with Crippen LogP contribution in [-0.4, -0.2) is 17.7 Å². The van der Waals surface area contributed by atoms with Crippen molar-refractivity contribution >= 4 is 5.97 Å². The van der Waals surface area contributed by atoms with E-state index in [2.05, 4.69) is 6.92 Å². The molecule has 1 unspecified atom stereocenters. The molecule has 0 saturated heterocycles. The molecular weight excluding hydrogens is 199 g/mol. The summed E-state index contributed by atoms with van der Waals surface area (Å²) in [6.07, 6.45) is 0. The third kappa shape index (κ3) is 3.32. The molecule has 0 aliphatic rings. The van der Waals surface area contributed by atoms with Crippen LogP contribution in [0.25, 0.3) is 0 Å². The van der Waals surface area contributed by atoms with Crippen molar-refractivity contribution in [2.75, 3.05) is 6.61 Å². The maximum Gasteiger partial charge on any atom is 0.308 e. The third-order valence-electron chi connectivity index (χ3n) is 1.85. The number of aliphatic hydroxyl groups is 1. The Labute approximate surface area is 87.5 Å². The number of esters is 1. The number of benzene rings is 1. The van der Waals surface area contributed by atoms with Crippen molar-refractivity contribution in [2.45, 2.75) is 12.8 Å². The topological polar surface area (TPSA) is 46.5 Å². The van der Waals surface area contributed by atoms with E-state index in [1.54, 1.807) is 0 Å². The minimum atomic E-state index is -0.522. The van der Waals surface area contributed by atoms with Crippen LogP contribution >= 0.6 is 0 Å². The monoisotopic (exact) mass is 211 g/mol. The van der Waals surface area contributed by atoms with Crippen LogP contribution < -0.4 is 4.74 Å². The van der Waals surface area contributed by atoms with Crippen molar-refractivity contribution in [1.29, 1.82) is 0 Å². The van der Waals surface area contributed by atoms with Crippen LogP contribution in [0.1, 0.15) is 18.4 Å². The molecule has 0 heterocycles. The van der Waals surface area contributed by atoms with Crippen LogP contribution in [-0.2, 0) is 4.79 Å². The average Bonchev–Trinajstić information content (AvgIpc) is 2.14. The smallest absolute Gasteiger partial charge is 0.308 e. The molecule has 1 aromatic carbocycles. The van der Waals surface area contributed by atoms with Crippen molar-refractivity contribution in [3.63, 3.8) is 0 Å². The van der Waals surface area contributed by atoms with Gasteiger partial charge in [0.1, 0.15) is 11.6 Å². The van der Waals surface area contributed by atoms with E-state index in [4.69, 9.17) is 9.84 Å². The summed E-state index contributed by atoms with van der Waals surface area (Å²) in [6.45, 7) is 4.67. The molecule has 1 radical (unpaired) electrons. The van der Waals surface area contributed by atoms with Crippen LogP contribution in [0.2, 0.25) is 0 Å². The molecule has 4 heteroatoms. The third-order valence-corrected chi connectivity index (χ3v) is 1.85. The van der Waals surface area contributed by atoms with Gasteiger partial charge in [-0.1, -0.05) is 0 Å². The fraction of sp³-hybridized carbons (Fsp3) is 0.273. The lowest BCUT2D eigenvalue weighted by Gasteiger charge is -2.10.